The van der Waals surface area contributed by atoms with E-state index in [9.17, 15) is 22.8 Å². The van der Waals surface area contributed by atoms with Crippen LogP contribution in [0.3, 0.4) is 0 Å². The topological polar surface area (TPSA) is 57.6 Å². The van der Waals surface area contributed by atoms with Crippen molar-refractivity contribution in [2.24, 2.45) is 11.8 Å². The Morgan fingerprint density at radius 2 is 2.09 bits per heavy atom. The van der Waals surface area contributed by atoms with Gasteiger partial charge in [-0.1, -0.05) is 25.1 Å². The molecular formula is C16H18F3NO3. The van der Waals surface area contributed by atoms with Crippen LogP contribution in [0.15, 0.2) is 24.3 Å². The van der Waals surface area contributed by atoms with Gasteiger partial charge in [-0.25, -0.2) is 0 Å². The smallest absolute Gasteiger partial charge is 0.416 e. The van der Waals surface area contributed by atoms with Crippen LogP contribution < -0.4 is 0 Å². The lowest BCUT2D eigenvalue weighted by molar-refractivity contribution is -0.141. The van der Waals surface area contributed by atoms with E-state index >= 15 is 0 Å². The number of benzene rings is 1. The average Bonchev–Trinajstić information content (AvgIpc) is 2.95. The van der Waals surface area contributed by atoms with E-state index in [0.29, 0.717) is 18.5 Å². The van der Waals surface area contributed by atoms with Crippen molar-refractivity contribution in [3.8, 4) is 0 Å². The SMILES string of the molecule is C[C@H](Cc1cccc(C(F)(F)F)c1)C(=O)N1CC[C@@H](C(=O)O)C1. The van der Waals surface area contributed by atoms with Crippen LogP contribution in [0.1, 0.15) is 24.5 Å². The first-order valence-corrected chi connectivity index (χ1v) is 7.36. The van der Waals surface area contributed by atoms with Crippen molar-refractivity contribution in [1.82, 2.24) is 4.90 Å². The molecule has 1 aromatic carbocycles. The van der Waals surface area contributed by atoms with Crippen molar-refractivity contribution in [2.75, 3.05) is 13.1 Å². The Labute approximate surface area is 131 Å². The fourth-order valence-corrected chi connectivity index (χ4v) is 2.79. The number of nitrogens with zero attached hydrogens (tertiary/aromatic N) is 1. The second-order valence-corrected chi connectivity index (χ2v) is 5.91. The van der Waals surface area contributed by atoms with Gasteiger partial charge in [0.2, 0.25) is 5.91 Å². The van der Waals surface area contributed by atoms with Gasteiger partial charge in [-0.3, -0.25) is 9.59 Å². The molecule has 0 saturated carbocycles. The van der Waals surface area contributed by atoms with Gasteiger partial charge in [0.05, 0.1) is 11.5 Å². The van der Waals surface area contributed by atoms with Crippen molar-refractivity contribution in [3.63, 3.8) is 0 Å². The van der Waals surface area contributed by atoms with Crippen molar-refractivity contribution >= 4 is 11.9 Å². The van der Waals surface area contributed by atoms with Crippen LogP contribution >= 0.6 is 0 Å². The third-order valence-corrected chi connectivity index (χ3v) is 4.07. The van der Waals surface area contributed by atoms with Gasteiger partial charge in [-0.2, -0.15) is 13.2 Å². The molecule has 0 aromatic heterocycles. The number of carbonyl (C=O) groups excluding carboxylic acids is 1. The Balaban J connectivity index is 2.00. The van der Waals surface area contributed by atoms with E-state index < -0.39 is 29.5 Å². The second kappa shape index (κ2) is 6.60. The molecule has 126 valence electrons. The number of carboxylic acids is 1. The molecule has 1 amide bonds. The minimum atomic E-state index is -4.41. The summed E-state index contributed by atoms with van der Waals surface area (Å²) in [5, 5.41) is 8.95. The van der Waals surface area contributed by atoms with Crippen LogP contribution in [-0.2, 0) is 22.2 Å². The van der Waals surface area contributed by atoms with Gasteiger partial charge in [0.1, 0.15) is 0 Å². The number of carboxylic acid groups (broad SMARTS) is 1. The third-order valence-electron chi connectivity index (χ3n) is 4.07. The lowest BCUT2D eigenvalue weighted by Gasteiger charge is -2.21. The van der Waals surface area contributed by atoms with Crippen LogP contribution in [0.2, 0.25) is 0 Å². The summed E-state index contributed by atoms with van der Waals surface area (Å²) in [6.07, 6.45) is -3.80. The molecule has 4 nitrogen and oxygen atoms in total. The normalized spacial score (nSPS) is 19.7. The van der Waals surface area contributed by atoms with E-state index in [1.807, 2.05) is 0 Å². The number of hydrogen-bond acceptors (Lipinski definition) is 2. The molecule has 1 fully saturated rings. The van der Waals surface area contributed by atoms with Crippen molar-refractivity contribution in [3.05, 3.63) is 35.4 Å². The molecule has 0 unspecified atom stereocenters. The molecular weight excluding hydrogens is 311 g/mol. The molecule has 2 atom stereocenters. The number of carbonyl (C=O) groups is 2. The minimum absolute atomic E-state index is 0.168. The first-order valence-electron chi connectivity index (χ1n) is 7.36. The van der Waals surface area contributed by atoms with Gasteiger partial charge in [0.25, 0.3) is 0 Å². The summed E-state index contributed by atoms with van der Waals surface area (Å²) < 4.78 is 38.1. The summed E-state index contributed by atoms with van der Waals surface area (Å²) in [7, 11) is 0. The molecule has 1 heterocycles. The quantitative estimate of drug-likeness (QED) is 0.924. The molecule has 1 saturated heterocycles. The Morgan fingerprint density at radius 3 is 2.65 bits per heavy atom. The molecule has 2 rings (SSSR count). The van der Waals surface area contributed by atoms with Gasteiger partial charge < -0.3 is 10.0 Å². The highest BCUT2D eigenvalue weighted by Gasteiger charge is 2.33. The lowest BCUT2D eigenvalue weighted by atomic mass is 9.98. The molecule has 0 aliphatic carbocycles. The van der Waals surface area contributed by atoms with Gasteiger partial charge in [0, 0.05) is 19.0 Å². The summed E-state index contributed by atoms with van der Waals surface area (Å²) in [6, 6.07) is 4.93. The zero-order chi connectivity index (χ0) is 17.2. The van der Waals surface area contributed by atoms with Gasteiger partial charge in [-0.15, -0.1) is 0 Å². The summed E-state index contributed by atoms with van der Waals surface area (Å²) in [6.45, 7) is 2.19. The van der Waals surface area contributed by atoms with Crippen LogP contribution in [0.5, 0.6) is 0 Å². The van der Waals surface area contributed by atoms with Crippen LogP contribution in [0.25, 0.3) is 0 Å². The Morgan fingerprint density at radius 1 is 1.39 bits per heavy atom. The number of amides is 1. The largest absolute Gasteiger partial charge is 0.481 e. The summed E-state index contributed by atoms with van der Waals surface area (Å²) >= 11 is 0. The van der Waals surface area contributed by atoms with Crippen LogP contribution in [0, 0.1) is 11.8 Å². The molecule has 1 aliphatic rings. The predicted octanol–water partition coefficient (Wildman–Crippen LogP) is 2.82. The number of rotatable bonds is 4. The predicted molar refractivity (Wildman–Crippen MR) is 76.6 cm³/mol. The third kappa shape index (κ3) is 4.24. The Bertz CT molecular complexity index is 600. The Kier molecular flexibility index (Phi) is 4.97. The summed E-state index contributed by atoms with van der Waals surface area (Å²) in [5.41, 5.74) is -0.295. The maximum atomic E-state index is 12.7. The van der Waals surface area contributed by atoms with Gasteiger partial charge >= 0.3 is 12.1 Å². The zero-order valence-corrected chi connectivity index (χ0v) is 12.6. The Hall–Kier alpha value is -2.05. The highest BCUT2D eigenvalue weighted by Crippen LogP contribution is 2.30. The summed E-state index contributed by atoms with van der Waals surface area (Å²) in [4.78, 5) is 24.7. The molecule has 7 heteroatoms. The number of alkyl halides is 3. The maximum Gasteiger partial charge on any atom is 0.416 e. The van der Waals surface area contributed by atoms with Gasteiger partial charge in [-0.05, 0) is 24.5 Å². The minimum Gasteiger partial charge on any atom is -0.481 e. The lowest BCUT2D eigenvalue weighted by Crippen LogP contribution is -2.34. The molecule has 0 radical (unpaired) electrons. The molecule has 1 aliphatic heterocycles. The number of aliphatic carboxylic acids is 1. The number of halogens is 3. The monoisotopic (exact) mass is 329 g/mol. The van der Waals surface area contributed by atoms with E-state index in [1.54, 1.807) is 13.0 Å². The van der Waals surface area contributed by atoms with Crippen LogP contribution in [0.4, 0.5) is 13.2 Å². The van der Waals surface area contributed by atoms with Crippen LogP contribution in [-0.4, -0.2) is 35.0 Å². The fraction of sp³-hybridized carbons (Fsp3) is 0.500. The van der Waals surface area contributed by atoms with Crippen molar-refractivity contribution in [2.45, 2.75) is 25.9 Å². The van der Waals surface area contributed by atoms with Crippen molar-refractivity contribution in [1.29, 1.82) is 0 Å². The molecule has 1 aromatic rings. The molecule has 1 N–H and O–H groups in total. The number of likely N-dealkylation sites (tertiary alicyclic amines) is 1. The van der Waals surface area contributed by atoms with E-state index in [4.69, 9.17) is 5.11 Å². The van der Waals surface area contributed by atoms with E-state index in [0.717, 1.165) is 12.1 Å². The first kappa shape index (κ1) is 17.3. The fourth-order valence-electron chi connectivity index (χ4n) is 2.79. The van der Waals surface area contributed by atoms with E-state index in [2.05, 4.69) is 0 Å². The van der Waals surface area contributed by atoms with E-state index in [1.165, 1.54) is 11.0 Å². The van der Waals surface area contributed by atoms with Gasteiger partial charge in [0.15, 0.2) is 0 Å². The first-order chi connectivity index (χ1) is 10.7. The number of hydrogen-bond donors (Lipinski definition) is 1. The highest BCUT2D eigenvalue weighted by atomic mass is 19.4. The molecule has 0 bridgehead atoms. The zero-order valence-electron chi connectivity index (χ0n) is 12.6. The van der Waals surface area contributed by atoms with Crippen molar-refractivity contribution < 1.29 is 27.9 Å². The molecule has 23 heavy (non-hydrogen) atoms. The maximum absolute atomic E-state index is 12.7. The highest BCUT2D eigenvalue weighted by molar-refractivity contribution is 5.80. The second-order valence-electron chi connectivity index (χ2n) is 5.91. The average molecular weight is 329 g/mol. The van der Waals surface area contributed by atoms with E-state index in [-0.39, 0.29) is 18.9 Å². The summed E-state index contributed by atoms with van der Waals surface area (Å²) in [5.74, 6) is -2.19. The standard InChI is InChI=1S/C16H18F3NO3/c1-10(14(21)20-6-5-12(9-20)15(22)23)7-11-3-2-4-13(8-11)16(17,18)19/h2-4,8,10,12H,5-7,9H2,1H3,(H,22,23)/t10-,12-/m1/s1. The molecule has 0 spiro atoms.